The molecule has 0 spiro atoms. The summed E-state index contributed by atoms with van der Waals surface area (Å²) < 4.78 is 10.6. The van der Waals surface area contributed by atoms with Crippen LogP contribution < -0.4 is 21.9 Å². The predicted octanol–water partition coefficient (Wildman–Crippen LogP) is 3.62. The molecule has 0 radical (unpaired) electrons. The van der Waals surface area contributed by atoms with Gasteiger partial charge in [-0.3, -0.25) is 24.6 Å². The lowest BCUT2D eigenvalue weighted by molar-refractivity contribution is -0.300. The van der Waals surface area contributed by atoms with Crippen molar-refractivity contribution in [2.45, 2.75) is 205 Å². The fourth-order valence-corrected chi connectivity index (χ4v) is 6.88. The van der Waals surface area contributed by atoms with E-state index in [1.807, 2.05) is 10.3 Å². The van der Waals surface area contributed by atoms with Crippen LogP contribution in [0.25, 0.3) is 0 Å². The minimum absolute atomic E-state index is 0.00597. The van der Waals surface area contributed by atoms with Gasteiger partial charge in [0, 0.05) is 32.5 Å². The predicted molar refractivity (Wildman–Crippen MR) is 216 cm³/mol. The molecule has 15 heteroatoms. The van der Waals surface area contributed by atoms with Gasteiger partial charge in [-0.05, 0) is 25.7 Å². The summed E-state index contributed by atoms with van der Waals surface area (Å²) in [4.78, 5) is 53.2. The van der Waals surface area contributed by atoms with Crippen molar-refractivity contribution in [2.75, 3.05) is 32.8 Å². The third-order valence-electron chi connectivity index (χ3n) is 10.5. The molecule has 0 aliphatic carbocycles. The molecule has 1 aliphatic heterocycles. The summed E-state index contributed by atoms with van der Waals surface area (Å²) in [5.74, 6) is 3.01. The molecule has 0 unspecified atom stereocenters. The zero-order chi connectivity index (χ0) is 41.4. The number of hydrazine groups is 1. The summed E-state index contributed by atoms with van der Waals surface area (Å²) in [5.41, 5.74) is 1.87. The first-order valence-corrected chi connectivity index (χ1v) is 21.9. The molecule has 56 heavy (non-hydrogen) atoms. The highest BCUT2D eigenvalue weighted by molar-refractivity contribution is 6.06. The molecule has 1 rings (SSSR count). The molecule has 328 valence electrons. The number of nitrogens with zero attached hydrogens (tertiary/aromatic N) is 1. The number of amides is 4. The van der Waals surface area contributed by atoms with Crippen LogP contribution in [-0.4, -0.2) is 119 Å². The van der Waals surface area contributed by atoms with Gasteiger partial charge in [0.25, 0.3) is 11.8 Å². The Labute approximate surface area is 336 Å². The standard InChI is InChI=1S/C41H79N5O10/c1-3-5-7-9-11-13-15-17-19-23-28-46(29-24-20-18-16-14-12-10-8-6-4-2)34(49)26-22-21-25-33(48)44-35(40(54)45-42)39(53)43-27-30-55-41-38(52)37(51)36(50)32(31-47)56-41/h32,35-38,41,47,50-52H,3-31,42H2,1-2H3,(H,43,53)(H,44,48)(H,45,54)/t32-,35+,36-,37+,38-,41-/m1/s1. The zero-order valence-electron chi connectivity index (χ0n) is 34.7. The van der Waals surface area contributed by atoms with Gasteiger partial charge in [-0.2, -0.15) is 0 Å². The van der Waals surface area contributed by atoms with Crippen molar-refractivity contribution < 1.29 is 49.1 Å². The normalized spacial score (nSPS) is 20.0. The average Bonchev–Trinajstić information content (AvgIpc) is 3.20. The monoisotopic (exact) mass is 802 g/mol. The number of hydrogen-bond donors (Lipinski definition) is 8. The maximum atomic E-state index is 13.3. The van der Waals surface area contributed by atoms with Gasteiger partial charge in [0.05, 0.1) is 13.2 Å². The van der Waals surface area contributed by atoms with E-state index in [1.54, 1.807) is 0 Å². The molecule has 0 aromatic rings. The molecule has 9 N–H and O–H groups in total. The van der Waals surface area contributed by atoms with Crippen LogP contribution in [0.4, 0.5) is 0 Å². The van der Waals surface area contributed by atoms with Crippen LogP contribution in [0.15, 0.2) is 0 Å². The second-order valence-electron chi connectivity index (χ2n) is 15.3. The minimum atomic E-state index is -1.63. The van der Waals surface area contributed by atoms with E-state index >= 15 is 0 Å². The topological polar surface area (TPSA) is 233 Å². The number of aliphatic hydroxyl groups is 4. The molecule has 1 saturated heterocycles. The summed E-state index contributed by atoms with van der Waals surface area (Å²) in [6, 6.07) is -1.63. The van der Waals surface area contributed by atoms with Gasteiger partial charge in [-0.15, -0.1) is 0 Å². The number of rotatable bonds is 35. The number of nitrogens with one attached hydrogen (secondary N) is 3. The SMILES string of the molecule is CCCCCCCCCCCCN(CCCCCCCCCCCC)C(=O)CCCCC(=O)N[C@H](C(=O)NN)C(=O)NCCO[C@@H]1O[C@H](CO)[C@@H](O)[C@H](O)[C@H]1O. The summed E-state index contributed by atoms with van der Waals surface area (Å²) in [5, 5.41) is 44.0. The molecular weight excluding hydrogens is 722 g/mol. The van der Waals surface area contributed by atoms with Crippen LogP contribution in [0.3, 0.4) is 0 Å². The molecule has 0 saturated carbocycles. The lowest BCUT2D eigenvalue weighted by Gasteiger charge is -2.39. The van der Waals surface area contributed by atoms with Gasteiger partial charge in [-0.1, -0.05) is 129 Å². The first-order chi connectivity index (χ1) is 27.1. The number of carbonyl (C=O) groups is 4. The first kappa shape index (κ1) is 51.6. The van der Waals surface area contributed by atoms with Gasteiger partial charge in [-0.25, -0.2) is 5.84 Å². The Bertz CT molecular complexity index is 1010. The molecular formula is C41H79N5O10. The maximum Gasteiger partial charge on any atom is 0.266 e. The number of nitrogens with two attached hydrogens (primary N) is 1. The van der Waals surface area contributed by atoms with E-state index < -0.39 is 61.1 Å². The molecule has 0 aromatic carbocycles. The molecule has 6 atom stereocenters. The van der Waals surface area contributed by atoms with Gasteiger partial charge in [0.15, 0.2) is 12.3 Å². The molecule has 1 fully saturated rings. The van der Waals surface area contributed by atoms with E-state index in [2.05, 4.69) is 24.5 Å². The van der Waals surface area contributed by atoms with E-state index in [0.29, 0.717) is 19.3 Å². The summed E-state index contributed by atoms with van der Waals surface area (Å²) in [6.45, 7) is 4.96. The van der Waals surface area contributed by atoms with E-state index in [0.717, 1.165) is 38.8 Å². The Morgan fingerprint density at radius 1 is 0.661 bits per heavy atom. The molecule has 1 aliphatic rings. The molecule has 15 nitrogen and oxygen atoms in total. The Morgan fingerprint density at radius 3 is 1.62 bits per heavy atom. The highest BCUT2D eigenvalue weighted by Gasteiger charge is 2.44. The average molecular weight is 802 g/mol. The van der Waals surface area contributed by atoms with E-state index in [9.17, 15) is 39.6 Å². The highest BCUT2D eigenvalue weighted by atomic mass is 16.7. The third kappa shape index (κ3) is 23.1. The van der Waals surface area contributed by atoms with E-state index in [4.69, 9.17) is 15.3 Å². The summed E-state index contributed by atoms with van der Waals surface area (Å²) >= 11 is 0. The fraction of sp³-hybridized carbons (Fsp3) is 0.902. The molecule has 4 amide bonds. The van der Waals surface area contributed by atoms with Crippen molar-refractivity contribution in [3.05, 3.63) is 0 Å². The second kappa shape index (κ2) is 33.6. The van der Waals surface area contributed by atoms with Crippen LogP contribution in [0, 0.1) is 0 Å². The number of unbranched alkanes of at least 4 members (excludes halogenated alkanes) is 19. The van der Waals surface area contributed by atoms with Gasteiger partial charge < -0.3 is 45.4 Å². The number of carbonyl (C=O) groups excluding carboxylic acids is 4. The smallest absolute Gasteiger partial charge is 0.266 e. The van der Waals surface area contributed by atoms with Crippen molar-refractivity contribution in [1.29, 1.82) is 0 Å². The minimum Gasteiger partial charge on any atom is -0.394 e. The Morgan fingerprint density at radius 2 is 1.14 bits per heavy atom. The largest absolute Gasteiger partial charge is 0.394 e. The number of ether oxygens (including phenoxy) is 2. The summed E-state index contributed by atoms with van der Waals surface area (Å²) in [7, 11) is 0. The number of aliphatic hydroxyl groups excluding tert-OH is 4. The highest BCUT2D eigenvalue weighted by Crippen LogP contribution is 2.22. The van der Waals surface area contributed by atoms with Crippen molar-refractivity contribution in [3.8, 4) is 0 Å². The maximum absolute atomic E-state index is 13.3. The Kier molecular flexibility index (Phi) is 30.9. The fourth-order valence-electron chi connectivity index (χ4n) is 6.88. The van der Waals surface area contributed by atoms with Crippen molar-refractivity contribution in [3.63, 3.8) is 0 Å². The third-order valence-corrected chi connectivity index (χ3v) is 10.5. The lowest BCUT2D eigenvalue weighted by atomic mass is 9.99. The quantitative estimate of drug-likeness (QED) is 0.0152. The summed E-state index contributed by atoms with van der Waals surface area (Å²) in [6.07, 6.45) is 18.7. The van der Waals surface area contributed by atoms with Crippen molar-refractivity contribution in [1.82, 2.24) is 21.0 Å². The van der Waals surface area contributed by atoms with Gasteiger partial charge >= 0.3 is 0 Å². The molecule has 0 aromatic heterocycles. The zero-order valence-corrected chi connectivity index (χ0v) is 34.7. The van der Waals surface area contributed by atoms with Crippen molar-refractivity contribution >= 4 is 23.6 Å². The first-order valence-electron chi connectivity index (χ1n) is 21.9. The number of hydrogen-bond acceptors (Lipinski definition) is 11. The lowest BCUT2D eigenvalue weighted by Crippen LogP contribution is -2.59. The van der Waals surface area contributed by atoms with Crippen LogP contribution in [-0.2, 0) is 28.7 Å². The Balaban J connectivity index is 2.49. The van der Waals surface area contributed by atoms with Crippen molar-refractivity contribution in [2.24, 2.45) is 5.84 Å². The molecule has 1 heterocycles. The van der Waals surface area contributed by atoms with E-state index in [-0.39, 0.29) is 25.5 Å². The van der Waals surface area contributed by atoms with Gasteiger partial charge in [0.2, 0.25) is 11.8 Å². The van der Waals surface area contributed by atoms with Crippen LogP contribution in [0.2, 0.25) is 0 Å². The van der Waals surface area contributed by atoms with Crippen LogP contribution >= 0.6 is 0 Å². The van der Waals surface area contributed by atoms with Crippen LogP contribution in [0.5, 0.6) is 0 Å². The van der Waals surface area contributed by atoms with Gasteiger partial charge in [0.1, 0.15) is 24.4 Å². The van der Waals surface area contributed by atoms with E-state index in [1.165, 1.54) is 103 Å². The molecule has 0 bridgehead atoms. The van der Waals surface area contributed by atoms with Crippen LogP contribution in [0.1, 0.15) is 168 Å². The Hall–Kier alpha value is -2.40. The second-order valence-corrected chi connectivity index (χ2v) is 15.3.